The van der Waals surface area contributed by atoms with Gasteiger partial charge in [0.25, 0.3) is 0 Å². The molecule has 3 aliphatic rings. The van der Waals surface area contributed by atoms with Gasteiger partial charge in [0.05, 0.1) is 10.3 Å². The predicted molar refractivity (Wildman–Crippen MR) is 128 cm³/mol. The van der Waals surface area contributed by atoms with Crippen LogP contribution in [-0.4, -0.2) is 51.8 Å². The first-order chi connectivity index (χ1) is 15.5. The second-order valence-corrected chi connectivity index (χ2v) is 12.5. The second kappa shape index (κ2) is 9.02. The molecule has 0 spiro atoms. The van der Waals surface area contributed by atoms with Crippen LogP contribution in [0.2, 0.25) is 0 Å². The third-order valence-corrected chi connectivity index (χ3v) is 9.43. The Morgan fingerprint density at radius 2 is 1.73 bits per heavy atom. The first kappa shape index (κ1) is 24.2. The maximum absolute atomic E-state index is 13.0. The van der Waals surface area contributed by atoms with Crippen molar-refractivity contribution in [1.29, 1.82) is 0 Å². The number of rotatable bonds is 5. The van der Waals surface area contributed by atoms with E-state index in [4.69, 9.17) is 0 Å². The lowest BCUT2D eigenvalue weighted by atomic mass is 9.81. The maximum atomic E-state index is 13.0. The molecule has 1 aliphatic carbocycles. The van der Waals surface area contributed by atoms with Crippen LogP contribution in [0.15, 0.2) is 23.1 Å². The molecule has 8 heteroatoms. The number of carbonyl (C=O) groups excluding carboxylic acids is 2. The smallest absolute Gasteiger partial charge is 0.240 e. The molecule has 182 valence electrons. The van der Waals surface area contributed by atoms with Crippen molar-refractivity contribution in [2.24, 2.45) is 17.8 Å². The third kappa shape index (κ3) is 4.69. The largest absolute Gasteiger partial charge is 0.342 e. The summed E-state index contributed by atoms with van der Waals surface area (Å²) in [5.74, 6) is 1.28. The van der Waals surface area contributed by atoms with Gasteiger partial charge < -0.3 is 9.80 Å². The average molecular weight is 476 g/mol. The Morgan fingerprint density at radius 1 is 1.09 bits per heavy atom. The summed E-state index contributed by atoms with van der Waals surface area (Å²) in [6.45, 7) is 8.02. The summed E-state index contributed by atoms with van der Waals surface area (Å²) in [5, 5.41) is 0. The fraction of sp³-hybridized carbons (Fsp3) is 0.680. The van der Waals surface area contributed by atoms with Crippen LogP contribution in [0.5, 0.6) is 0 Å². The summed E-state index contributed by atoms with van der Waals surface area (Å²) in [4.78, 5) is 29.2. The second-order valence-electron chi connectivity index (χ2n) is 10.7. The monoisotopic (exact) mass is 475 g/mol. The van der Waals surface area contributed by atoms with E-state index in [-0.39, 0.29) is 22.6 Å². The van der Waals surface area contributed by atoms with Crippen LogP contribution in [0, 0.1) is 17.8 Å². The Bertz CT molecular complexity index is 1020. The fourth-order valence-corrected chi connectivity index (χ4v) is 6.67. The van der Waals surface area contributed by atoms with Gasteiger partial charge in [0.15, 0.2) is 0 Å². The Morgan fingerprint density at radius 3 is 2.36 bits per heavy atom. The minimum atomic E-state index is -3.67. The number of likely N-dealkylation sites (tertiary alicyclic amines) is 1. The lowest BCUT2D eigenvalue weighted by molar-refractivity contribution is -0.138. The molecule has 2 fully saturated rings. The summed E-state index contributed by atoms with van der Waals surface area (Å²) < 4.78 is 28.7. The number of piperidine rings is 1. The quantitative estimate of drug-likeness (QED) is 0.708. The van der Waals surface area contributed by atoms with Gasteiger partial charge in [-0.25, -0.2) is 13.1 Å². The minimum absolute atomic E-state index is 0.0367. The van der Waals surface area contributed by atoms with Crippen molar-refractivity contribution < 1.29 is 18.0 Å². The molecular weight excluding hydrogens is 438 g/mol. The molecular formula is C25H37N3O4S. The van der Waals surface area contributed by atoms with Crippen LogP contribution in [-0.2, 0) is 25.0 Å². The number of carbonyl (C=O) groups is 2. The molecule has 2 heterocycles. The van der Waals surface area contributed by atoms with Gasteiger partial charge in [-0.3, -0.25) is 9.59 Å². The van der Waals surface area contributed by atoms with E-state index in [1.807, 2.05) is 18.7 Å². The van der Waals surface area contributed by atoms with E-state index in [0.29, 0.717) is 18.4 Å². The number of nitrogens with one attached hydrogen (secondary N) is 1. The molecule has 1 saturated heterocycles. The van der Waals surface area contributed by atoms with Crippen LogP contribution in [0.3, 0.4) is 0 Å². The number of sulfonamides is 1. The average Bonchev–Trinajstić information content (AvgIpc) is 2.98. The molecule has 1 saturated carbocycles. The van der Waals surface area contributed by atoms with E-state index < -0.39 is 15.4 Å². The highest BCUT2D eigenvalue weighted by molar-refractivity contribution is 7.89. The van der Waals surface area contributed by atoms with Gasteiger partial charge in [-0.15, -0.1) is 0 Å². The Labute approximate surface area is 198 Å². The highest BCUT2D eigenvalue weighted by Crippen LogP contribution is 2.41. The fourth-order valence-electron chi connectivity index (χ4n) is 5.53. The lowest BCUT2D eigenvalue weighted by Crippen LogP contribution is -2.42. The number of nitrogens with zero attached hydrogens (tertiary/aromatic N) is 2. The summed E-state index contributed by atoms with van der Waals surface area (Å²) in [7, 11) is -1.96. The summed E-state index contributed by atoms with van der Waals surface area (Å²) in [6, 6.07) is 4.92. The summed E-state index contributed by atoms with van der Waals surface area (Å²) in [6.07, 6.45) is 5.57. The minimum Gasteiger partial charge on any atom is -0.342 e. The third-order valence-electron chi connectivity index (χ3n) is 8.01. The molecule has 0 bridgehead atoms. The van der Waals surface area contributed by atoms with Crippen molar-refractivity contribution in [3.05, 3.63) is 23.8 Å². The Hall–Kier alpha value is -1.93. The summed E-state index contributed by atoms with van der Waals surface area (Å²) in [5.41, 5.74) is 0.756. The van der Waals surface area contributed by atoms with Crippen LogP contribution >= 0.6 is 0 Å². The molecule has 1 N–H and O–H groups in total. The molecule has 4 rings (SSSR count). The SMILES string of the molecule is CC1CCN(C(=O)C2CCC(CNS(=O)(=O)c3ccc4c(c3)C(C)(C)C(=O)N4C)CC2)CC1. The number of amides is 2. The van der Waals surface area contributed by atoms with E-state index >= 15 is 0 Å². The van der Waals surface area contributed by atoms with Crippen molar-refractivity contribution in [1.82, 2.24) is 9.62 Å². The Balaban J connectivity index is 1.33. The molecule has 0 radical (unpaired) electrons. The molecule has 2 aliphatic heterocycles. The lowest BCUT2D eigenvalue weighted by Gasteiger charge is -2.35. The van der Waals surface area contributed by atoms with E-state index in [9.17, 15) is 18.0 Å². The van der Waals surface area contributed by atoms with E-state index in [1.165, 1.54) is 0 Å². The topological polar surface area (TPSA) is 86.8 Å². The highest BCUT2D eigenvalue weighted by Gasteiger charge is 2.42. The first-order valence-electron chi connectivity index (χ1n) is 12.2. The zero-order chi connectivity index (χ0) is 24.0. The van der Waals surface area contributed by atoms with Gasteiger partial charge in [0.2, 0.25) is 21.8 Å². The van der Waals surface area contributed by atoms with Crippen molar-refractivity contribution in [3.8, 4) is 0 Å². The van der Waals surface area contributed by atoms with Crippen LogP contribution in [0.25, 0.3) is 0 Å². The molecule has 0 atom stereocenters. The van der Waals surface area contributed by atoms with Gasteiger partial charge in [-0.05, 0) is 88.0 Å². The molecule has 1 aromatic carbocycles. The normalized spacial score (nSPS) is 25.9. The van der Waals surface area contributed by atoms with Gasteiger partial charge in [-0.2, -0.15) is 0 Å². The van der Waals surface area contributed by atoms with E-state index in [0.717, 1.165) is 62.9 Å². The van der Waals surface area contributed by atoms with Crippen molar-refractivity contribution in [2.75, 3.05) is 31.6 Å². The molecule has 7 nitrogen and oxygen atoms in total. The molecule has 1 aromatic rings. The Kier molecular flexibility index (Phi) is 6.62. The number of likely N-dealkylation sites (N-methyl/N-ethyl adjacent to an activating group) is 1. The number of benzene rings is 1. The number of fused-ring (bicyclic) bond motifs is 1. The van der Waals surface area contributed by atoms with Crippen LogP contribution in [0.4, 0.5) is 5.69 Å². The molecule has 33 heavy (non-hydrogen) atoms. The standard InChI is InChI=1S/C25H37N3O4S/c1-17-11-13-28(14-12-17)23(29)19-7-5-18(6-8-19)16-26-33(31,32)20-9-10-22-21(15-20)25(2,3)24(30)27(22)4/h9-10,15,17-19,26H,5-8,11-14,16H2,1-4H3. The van der Waals surface area contributed by atoms with Crippen molar-refractivity contribution in [3.63, 3.8) is 0 Å². The van der Waals surface area contributed by atoms with E-state index in [1.54, 1.807) is 30.1 Å². The van der Waals surface area contributed by atoms with Crippen molar-refractivity contribution >= 4 is 27.5 Å². The highest BCUT2D eigenvalue weighted by atomic mass is 32.2. The van der Waals surface area contributed by atoms with E-state index in [2.05, 4.69) is 11.6 Å². The number of hydrogen-bond donors (Lipinski definition) is 1. The molecule has 0 unspecified atom stereocenters. The van der Waals surface area contributed by atoms with Gasteiger partial charge >= 0.3 is 0 Å². The van der Waals surface area contributed by atoms with Crippen LogP contribution < -0.4 is 9.62 Å². The molecule has 0 aromatic heterocycles. The molecule has 2 amide bonds. The first-order valence-corrected chi connectivity index (χ1v) is 13.7. The predicted octanol–water partition coefficient (Wildman–Crippen LogP) is 3.28. The van der Waals surface area contributed by atoms with Gasteiger partial charge in [0, 0.05) is 38.3 Å². The zero-order valence-corrected chi connectivity index (χ0v) is 21.1. The number of anilines is 1. The number of hydrogen-bond acceptors (Lipinski definition) is 4. The van der Waals surface area contributed by atoms with Crippen LogP contribution in [0.1, 0.15) is 64.9 Å². The van der Waals surface area contributed by atoms with Gasteiger partial charge in [0.1, 0.15) is 0 Å². The van der Waals surface area contributed by atoms with Crippen molar-refractivity contribution in [2.45, 2.75) is 69.6 Å². The summed E-state index contributed by atoms with van der Waals surface area (Å²) >= 11 is 0. The zero-order valence-electron chi connectivity index (χ0n) is 20.3. The maximum Gasteiger partial charge on any atom is 0.240 e. The van der Waals surface area contributed by atoms with Gasteiger partial charge in [-0.1, -0.05) is 6.92 Å².